The zero-order valence-electron chi connectivity index (χ0n) is 9.97. The lowest BCUT2D eigenvalue weighted by Gasteiger charge is -2.17. The molecule has 0 aliphatic carbocycles. The van der Waals surface area contributed by atoms with E-state index in [2.05, 4.69) is 20.7 Å². The van der Waals surface area contributed by atoms with Crippen LogP contribution in [-0.4, -0.2) is 5.97 Å². The third-order valence-corrected chi connectivity index (χ3v) is 2.67. The van der Waals surface area contributed by atoms with Gasteiger partial charge in [0.05, 0.1) is 5.41 Å². The molecule has 0 heterocycles. The van der Waals surface area contributed by atoms with Crippen LogP contribution in [0.15, 0.2) is 10.5 Å². The second-order valence-corrected chi connectivity index (χ2v) is 5.46. The summed E-state index contributed by atoms with van der Waals surface area (Å²) in [7, 11) is 0. The van der Waals surface area contributed by atoms with Crippen LogP contribution in [0, 0.1) is 28.4 Å². The Bertz CT molecular complexity index is 544. The summed E-state index contributed by atoms with van der Waals surface area (Å²) in [6.07, 6.45) is 0. The van der Waals surface area contributed by atoms with E-state index in [4.69, 9.17) is 5.26 Å². The lowest BCUT2D eigenvalue weighted by atomic mass is 9.97. The van der Waals surface area contributed by atoms with Gasteiger partial charge in [-0.15, -0.1) is 0 Å². The fourth-order valence-corrected chi connectivity index (χ4v) is 1.48. The van der Waals surface area contributed by atoms with E-state index in [9.17, 15) is 13.6 Å². The number of hydrogen-bond acceptors (Lipinski definition) is 3. The molecule has 0 bridgehead atoms. The fraction of sp³-hybridized carbons (Fsp3) is 0.333. The SMILES string of the molecule is CC(C)(C)C(=O)Oc1c(F)cc(Br)c(C#N)c1F. The Morgan fingerprint density at radius 2 is 2.00 bits per heavy atom. The predicted octanol–water partition coefficient (Wildman–Crippen LogP) is 3.55. The Hall–Kier alpha value is -1.48. The van der Waals surface area contributed by atoms with Crippen molar-refractivity contribution in [2.24, 2.45) is 5.41 Å². The van der Waals surface area contributed by atoms with Crippen LogP contribution in [-0.2, 0) is 4.79 Å². The highest BCUT2D eigenvalue weighted by molar-refractivity contribution is 9.10. The number of carbonyl (C=O) groups excluding carboxylic acids is 1. The maximum atomic E-state index is 13.8. The Labute approximate surface area is 111 Å². The molecule has 0 aliphatic heterocycles. The molecule has 0 spiro atoms. The molecule has 3 nitrogen and oxygen atoms in total. The highest BCUT2D eigenvalue weighted by Gasteiger charge is 2.28. The van der Waals surface area contributed by atoms with Crippen LogP contribution in [0.1, 0.15) is 26.3 Å². The molecule has 0 N–H and O–H groups in total. The highest BCUT2D eigenvalue weighted by atomic mass is 79.9. The summed E-state index contributed by atoms with van der Waals surface area (Å²) in [4.78, 5) is 11.6. The fourth-order valence-electron chi connectivity index (χ4n) is 1.01. The molecule has 1 rings (SSSR count). The lowest BCUT2D eigenvalue weighted by molar-refractivity contribution is -0.143. The zero-order valence-corrected chi connectivity index (χ0v) is 11.6. The number of hydrogen-bond donors (Lipinski definition) is 0. The first-order chi connectivity index (χ1) is 8.18. The number of nitrogens with zero attached hydrogens (tertiary/aromatic N) is 1. The molecule has 0 atom stereocenters. The quantitative estimate of drug-likeness (QED) is 0.588. The molecule has 0 fully saturated rings. The van der Waals surface area contributed by atoms with Gasteiger partial charge in [-0.25, -0.2) is 8.78 Å². The topological polar surface area (TPSA) is 50.1 Å². The minimum atomic E-state index is -1.19. The monoisotopic (exact) mass is 317 g/mol. The Balaban J connectivity index is 3.27. The average Bonchev–Trinajstić information content (AvgIpc) is 2.22. The van der Waals surface area contributed by atoms with Gasteiger partial charge in [0, 0.05) is 4.47 Å². The summed E-state index contributed by atoms with van der Waals surface area (Å²) in [6.45, 7) is 4.65. The number of benzene rings is 1. The molecule has 6 heteroatoms. The van der Waals surface area contributed by atoms with Crippen LogP contribution in [0.25, 0.3) is 0 Å². The van der Waals surface area contributed by atoms with E-state index in [1.807, 2.05) is 0 Å². The van der Waals surface area contributed by atoms with Crippen molar-refractivity contribution >= 4 is 21.9 Å². The summed E-state index contributed by atoms with van der Waals surface area (Å²) in [5.41, 5.74) is -1.31. The van der Waals surface area contributed by atoms with Gasteiger partial charge in [0.15, 0.2) is 11.6 Å². The van der Waals surface area contributed by atoms with Crippen LogP contribution >= 0.6 is 15.9 Å². The van der Waals surface area contributed by atoms with Crippen molar-refractivity contribution in [1.29, 1.82) is 5.26 Å². The summed E-state index contributed by atoms with van der Waals surface area (Å²) >= 11 is 2.85. The van der Waals surface area contributed by atoms with Gasteiger partial charge in [0.25, 0.3) is 0 Å². The average molecular weight is 318 g/mol. The van der Waals surface area contributed by atoms with Crippen molar-refractivity contribution in [2.75, 3.05) is 0 Å². The maximum absolute atomic E-state index is 13.8. The normalized spacial score (nSPS) is 10.9. The van der Waals surface area contributed by atoms with Gasteiger partial charge >= 0.3 is 5.97 Å². The zero-order chi connectivity index (χ0) is 14.1. The first-order valence-electron chi connectivity index (χ1n) is 4.98. The Morgan fingerprint density at radius 3 is 2.44 bits per heavy atom. The molecule has 0 aromatic heterocycles. The van der Waals surface area contributed by atoms with Gasteiger partial charge in [-0.05, 0) is 42.8 Å². The summed E-state index contributed by atoms with van der Waals surface area (Å²) in [6, 6.07) is 2.45. The number of rotatable bonds is 1. The summed E-state index contributed by atoms with van der Waals surface area (Å²) in [5, 5.41) is 8.73. The molecule has 0 aliphatic rings. The minimum absolute atomic E-state index is 0.0319. The van der Waals surface area contributed by atoms with Gasteiger partial charge in [0.1, 0.15) is 11.6 Å². The van der Waals surface area contributed by atoms with E-state index in [-0.39, 0.29) is 4.47 Å². The van der Waals surface area contributed by atoms with Crippen molar-refractivity contribution in [2.45, 2.75) is 20.8 Å². The van der Waals surface area contributed by atoms with E-state index in [1.54, 1.807) is 26.8 Å². The Kier molecular flexibility index (Phi) is 4.07. The maximum Gasteiger partial charge on any atom is 0.316 e. The van der Waals surface area contributed by atoms with Gasteiger partial charge in [-0.1, -0.05) is 0 Å². The summed E-state index contributed by atoms with van der Waals surface area (Å²) < 4.78 is 31.9. The first kappa shape index (κ1) is 14.6. The van der Waals surface area contributed by atoms with Crippen molar-refractivity contribution in [3.05, 3.63) is 27.7 Å². The van der Waals surface area contributed by atoms with Gasteiger partial charge in [-0.2, -0.15) is 5.26 Å². The van der Waals surface area contributed by atoms with Gasteiger partial charge in [-0.3, -0.25) is 4.79 Å². The molecule has 1 aromatic carbocycles. The molecule has 0 amide bonds. The molecule has 0 saturated heterocycles. The number of nitriles is 1. The highest BCUT2D eigenvalue weighted by Crippen LogP contribution is 2.31. The molecule has 18 heavy (non-hydrogen) atoms. The molecule has 0 saturated carbocycles. The summed E-state index contributed by atoms with van der Waals surface area (Å²) in [5.74, 6) is -3.88. The van der Waals surface area contributed by atoms with Gasteiger partial charge < -0.3 is 4.74 Å². The van der Waals surface area contributed by atoms with E-state index >= 15 is 0 Å². The molecular formula is C12H10BrF2NO2. The Morgan fingerprint density at radius 1 is 1.44 bits per heavy atom. The van der Waals surface area contributed by atoms with Crippen LogP contribution in [0.5, 0.6) is 5.75 Å². The second kappa shape index (κ2) is 5.02. The second-order valence-electron chi connectivity index (χ2n) is 4.61. The molecule has 0 radical (unpaired) electrons. The van der Waals surface area contributed by atoms with Crippen molar-refractivity contribution in [3.8, 4) is 11.8 Å². The minimum Gasteiger partial charge on any atom is -0.420 e. The standard InChI is InChI=1S/C12H10BrF2NO2/c1-12(2,3)11(17)18-10-8(14)4-7(13)6(5-16)9(10)15/h4H,1-3H3. The predicted molar refractivity (Wildman–Crippen MR) is 63.9 cm³/mol. The van der Waals surface area contributed by atoms with Crippen LogP contribution in [0.2, 0.25) is 0 Å². The first-order valence-corrected chi connectivity index (χ1v) is 5.77. The van der Waals surface area contributed by atoms with E-state index in [0.29, 0.717) is 0 Å². The third kappa shape index (κ3) is 2.85. The number of halogens is 3. The van der Waals surface area contributed by atoms with E-state index in [1.165, 1.54) is 0 Å². The van der Waals surface area contributed by atoms with Crippen LogP contribution in [0.3, 0.4) is 0 Å². The number of carbonyl (C=O) groups is 1. The van der Waals surface area contributed by atoms with Crippen LogP contribution in [0.4, 0.5) is 8.78 Å². The van der Waals surface area contributed by atoms with Crippen molar-refractivity contribution < 1.29 is 18.3 Å². The van der Waals surface area contributed by atoms with E-state index in [0.717, 1.165) is 6.07 Å². The van der Waals surface area contributed by atoms with Crippen molar-refractivity contribution in [3.63, 3.8) is 0 Å². The third-order valence-electron chi connectivity index (χ3n) is 2.05. The molecular weight excluding hydrogens is 308 g/mol. The molecule has 96 valence electrons. The van der Waals surface area contributed by atoms with Crippen LogP contribution < -0.4 is 4.74 Å². The van der Waals surface area contributed by atoms with Crippen molar-refractivity contribution in [1.82, 2.24) is 0 Å². The number of esters is 1. The largest absolute Gasteiger partial charge is 0.420 e. The molecule has 1 aromatic rings. The smallest absolute Gasteiger partial charge is 0.316 e. The number of ether oxygens (including phenoxy) is 1. The van der Waals surface area contributed by atoms with E-state index < -0.39 is 34.3 Å². The molecule has 0 unspecified atom stereocenters. The van der Waals surface area contributed by atoms with Gasteiger partial charge in [0.2, 0.25) is 5.75 Å². The lowest BCUT2D eigenvalue weighted by Crippen LogP contribution is -2.26.